The van der Waals surface area contributed by atoms with E-state index in [2.05, 4.69) is 0 Å². The Morgan fingerprint density at radius 1 is 0.382 bits per heavy atom. The van der Waals surface area contributed by atoms with Gasteiger partial charge in [0.1, 0.15) is 0 Å². The fourth-order valence-electron chi connectivity index (χ4n) is 2.08. The number of carboxylic acid groups (broad SMARTS) is 4. The summed E-state index contributed by atoms with van der Waals surface area (Å²) in [6.45, 7) is 8.15. The molecule has 0 spiro atoms. The number of unbranched alkanes of at least 4 members (excludes halogenated alkanes) is 8. The summed E-state index contributed by atoms with van der Waals surface area (Å²) >= 11 is 0. The summed E-state index contributed by atoms with van der Waals surface area (Å²) in [5.74, 6) is -3.73. The molecule has 0 bridgehead atoms. The maximum Gasteiger partial charge on any atom is 2.00 e. The van der Waals surface area contributed by atoms with Crippen molar-refractivity contribution >= 4 is 70.0 Å². The topological polar surface area (TPSA) is 161 Å². The molecule has 0 unspecified atom stereocenters. The van der Waals surface area contributed by atoms with Gasteiger partial charge in [-0.05, 0) is 51.4 Å². The number of rotatable bonds is 16. The molecular formula is C24H44Mg2O8. The van der Waals surface area contributed by atoms with Gasteiger partial charge in [-0.15, -0.1) is 0 Å². The zero-order valence-corrected chi connectivity index (χ0v) is 24.8. The molecule has 0 fully saturated rings. The van der Waals surface area contributed by atoms with E-state index in [9.17, 15) is 39.6 Å². The van der Waals surface area contributed by atoms with Crippen molar-refractivity contribution in [3.05, 3.63) is 0 Å². The molecule has 0 saturated carbocycles. The Labute approximate surface area is 239 Å². The summed E-state index contributed by atoms with van der Waals surface area (Å²) in [5, 5.41) is 39.1. The molecule has 10 heteroatoms. The van der Waals surface area contributed by atoms with Crippen LogP contribution in [0.4, 0.5) is 0 Å². The molecule has 0 rings (SSSR count). The first kappa shape index (κ1) is 46.7. The first-order chi connectivity index (χ1) is 15.1. The third-order valence-electron chi connectivity index (χ3n) is 3.94. The molecule has 0 aliphatic carbocycles. The van der Waals surface area contributed by atoms with Gasteiger partial charge >= 0.3 is 46.1 Å². The van der Waals surface area contributed by atoms with Crippen LogP contribution in [0.25, 0.3) is 0 Å². The van der Waals surface area contributed by atoms with Gasteiger partial charge in [0.05, 0.1) is 0 Å². The minimum Gasteiger partial charge on any atom is -0.550 e. The Morgan fingerprint density at radius 3 is 0.618 bits per heavy atom. The van der Waals surface area contributed by atoms with E-state index in [0.29, 0.717) is 0 Å². The molecule has 0 amide bonds. The van der Waals surface area contributed by atoms with Gasteiger partial charge in [0.15, 0.2) is 0 Å². The van der Waals surface area contributed by atoms with Crippen LogP contribution in [0.2, 0.25) is 0 Å². The van der Waals surface area contributed by atoms with Crippen molar-refractivity contribution in [2.75, 3.05) is 0 Å². The summed E-state index contributed by atoms with van der Waals surface area (Å²) in [7, 11) is 0. The number of hydrogen-bond acceptors (Lipinski definition) is 8. The first-order valence-corrected chi connectivity index (χ1v) is 11.9. The standard InChI is InChI=1S/4C6H12O2.2Mg/c4*1-2-3-4-5-6(7)8;;/h4*2-5H2,1H3,(H,7,8);;/q;;;;2*+2/p-4. The quantitative estimate of drug-likeness (QED) is 0.215. The van der Waals surface area contributed by atoms with Crippen LogP contribution in [-0.4, -0.2) is 70.0 Å². The third-order valence-corrected chi connectivity index (χ3v) is 3.94. The molecule has 0 radical (unpaired) electrons. The number of carboxylic acids is 4. The van der Waals surface area contributed by atoms with E-state index in [0.717, 1.165) is 77.0 Å². The SMILES string of the molecule is CCCCCC(=O)[O-].CCCCCC(=O)[O-].CCCCCC(=O)[O-].CCCCCC(=O)[O-].[Mg+2].[Mg+2]. The van der Waals surface area contributed by atoms with Gasteiger partial charge in [-0.2, -0.15) is 0 Å². The molecule has 0 aromatic heterocycles. The van der Waals surface area contributed by atoms with Gasteiger partial charge in [-0.3, -0.25) is 0 Å². The van der Waals surface area contributed by atoms with Gasteiger partial charge in [-0.1, -0.05) is 79.1 Å². The van der Waals surface area contributed by atoms with E-state index in [4.69, 9.17) is 0 Å². The van der Waals surface area contributed by atoms with Crippen molar-refractivity contribution in [1.29, 1.82) is 0 Å². The van der Waals surface area contributed by atoms with Crippen LogP contribution in [0.15, 0.2) is 0 Å². The molecule has 192 valence electrons. The van der Waals surface area contributed by atoms with E-state index in [1.807, 2.05) is 27.7 Å². The van der Waals surface area contributed by atoms with Crippen molar-refractivity contribution in [2.24, 2.45) is 0 Å². The number of hydrogen-bond donors (Lipinski definition) is 0. The molecule has 8 nitrogen and oxygen atoms in total. The predicted octanol–water partition coefficient (Wildman–Crippen LogP) is 0.505. The van der Waals surface area contributed by atoms with E-state index in [1.165, 1.54) is 0 Å². The van der Waals surface area contributed by atoms with Gasteiger partial charge in [0.25, 0.3) is 0 Å². The second kappa shape index (κ2) is 42.6. The van der Waals surface area contributed by atoms with E-state index in [-0.39, 0.29) is 71.8 Å². The minimum atomic E-state index is -0.932. The average Bonchev–Trinajstić information content (AvgIpc) is 2.69. The summed E-state index contributed by atoms with van der Waals surface area (Å²) in [6, 6.07) is 0. The molecule has 0 atom stereocenters. The van der Waals surface area contributed by atoms with Crippen LogP contribution in [0, 0.1) is 0 Å². The van der Waals surface area contributed by atoms with E-state index >= 15 is 0 Å². The van der Waals surface area contributed by atoms with Crippen LogP contribution in [0.1, 0.15) is 130 Å². The zero-order chi connectivity index (χ0) is 25.6. The minimum absolute atomic E-state index is 0. The van der Waals surface area contributed by atoms with Crippen LogP contribution in [0.5, 0.6) is 0 Å². The zero-order valence-electron chi connectivity index (χ0n) is 22.0. The van der Waals surface area contributed by atoms with Gasteiger partial charge in [0.2, 0.25) is 0 Å². The van der Waals surface area contributed by atoms with E-state index < -0.39 is 23.9 Å². The molecule has 0 heterocycles. The molecule has 0 aromatic rings. The van der Waals surface area contributed by atoms with Crippen LogP contribution in [-0.2, 0) is 19.2 Å². The van der Waals surface area contributed by atoms with Crippen LogP contribution < -0.4 is 20.4 Å². The van der Waals surface area contributed by atoms with Crippen molar-refractivity contribution in [3.8, 4) is 0 Å². The van der Waals surface area contributed by atoms with Gasteiger partial charge < -0.3 is 39.6 Å². The summed E-state index contributed by atoms with van der Waals surface area (Å²) in [5.41, 5.74) is 0. The first-order valence-electron chi connectivity index (χ1n) is 11.9. The van der Waals surface area contributed by atoms with Crippen molar-refractivity contribution in [2.45, 2.75) is 130 Å². The summed E-state index contributed by atoms with van der Waals surface area (Å²) in [4.78, 5) is 39.1. The monoisotopic (exact) mass is 508 g/mol. The molecule has 0 N–H and O–H groups in total. The van der Waals surface area contributed by atoms with Gasteiger partial charge in [-0.25, -0.2) is 0 Å². The van der Waals surface area contributed by atoms with Crippen LogP contribution >= 0.6 is 0 Å². The predicted molar refractivity (Wildman–Crippen MR) is 128 cm³/mol. The Hall–Kier alpha value is -0.588. The normalized spacial score (nSPS) is 8.59. The Bertz CT molecular complexity index is 367. The smallest absolute Gasteiger partial charge is 0.550 e. The fourth-order valence-corrected chi connectivity index (χ4v) is 2.08. The second-order valence-corrected chi connectivity index (χ2v) is 7.32. The maximum absolute atomic E-state index is 9.76. The average molecular weight is 509 g/mol. The molecular weight excluding hydrogens is 465 g/mol. The van der Waals surface area contributed by atoms with Gasteiger partial charge in [0, 0.05) is 23.9 Å². The molecule has 34 heavy (non-hydrogen) atoms. The molecule has 0 aromatic carbocycles. The van der Waals surface area contributed by atoms with Crippen molar-refractivity contribution in [1.82, 2.24) is 0 Å². The van der Waals surface area contributed by atoms with Crippen molar-refractivity contribution in [3.63, 3.8) is 0 Å². The Morgan fingerprint density at radius 2 is 0.529 bits per heavy atom. The van der Waals surface area contributed by atoms with Crippen LogP contribution in [0.3, 0.4) is 0 Å². The molecule has 0 saturated heterocycles. The second-order valence-electron chi connectivity index (χ2n) is 7.32. The number of carbonyl (C=O) groups is 4. The van der Waals surface area contributed by atoms with E-state index in [1.54, 1.807) is 0 Å². The third kappa shape index (κ3) is 77.1. The molecule has 0 aliphatic heterocycles. The number of carbonyl (C=O) groups excluding carboxylic acids is 4. The summed E-state index contributed by atoms with van der Waals surface area (Å²) in [6.07, 6.45) is 12.1. The maximum atomic E-state index is 9.76. The fraction of sp³-hybridized carbons (Fsp3) is 0.833. The number of aliphatic carboxylic acids is 4. The Kier molecular flexibility index (Phi) is 58.5. The van der Waals surface area contributed by atoms with Crippen molar-refractivity contribution < 1.29 is 39.6 Å². The largest absolute Gasteiger partial charge is 2.00 e. The molecule has 0 aliphatic rings. The summed E-state index contributed by atoms with van der Waals surface area (Å²) < 4.78 is 0. The Balaban J connectivity index is -0.0000000754.